The Morgan fingerprint density at radius 1 is 1.22 bits per heavy atom. The molecule has 4 rings (SSSR count). The van der Waals surface area contributed by atoms with E-state index in [-0.39, 0.29) is 17.6 Å². The lowest BCUT2D eigenvalue weighted by Gasteiger charge is -2.17. The number of methoxy groups -OCH3 is 1. The molecular formula is C25H27FN4O2. The Balaban J connectivity index is 1.36. The molecule has 1 amide bonds. The average Bonchev–Trinajstić information content (AvgIpc) is 3.30. The number of halogens is 1. The van der Waals surface area contributed by atoms with Crippen LogP contribution in [0.4, 0.5) is 15.9 Å². The van der Waals surface area contributed by atoms with Crippen molar-refractivity contribution in [2.24, 2.45) is 0 Å². The topological polar surface area (TPSA) is 67.3 Å². The van der Waals surface area contributed by atoms with Gasteiger partial charge in [0.25, 0.3) is 0 Å². The van der Waals surface area contributed by atoms with Gasteiger partial charge in [0.1, 0.15) is 17.4 Å². The molecule has 0 spiro atoms. The van der Waals surface area contributed by atoms with Crippen LogP contribution in [0.1, 0.15) is 35.7 Å². The first-order valence-electron chi connectivity index (χ1n) is 10.8. The smallest absolute Gasteiger partial charge is 0.222 e. The maximum absolute atomic E-state index is 13.1. The fraction of sp³-hybridized carbons (Fsp3) is 0.320. The first-order valence-corrected chi connectivity index (χ1v) is 10.8. The predicted molar refractivity (Wildman–Crippen MR) is 122 cm³/mol. The summed E-state index contributed by atoms with van der Waals surface area (Å²) < 4.78 is 18.3. The Labute approximate surface area is 187 Å². The van der Waals surface area contributed by atoms with Crippen LogP contribution >= 0.6 is 0 Å². The molecule has 0 saturated carbocycles. The molecule has 0 radical (unpaired) electrons. The van der Waals surface area contributed by atoms with E-state index in [1.807, 2.05) is 48.2 Å². The van der Waals surface area contributed by atoms with Crippen LogP contribution in [-0.4, -0.2) is 41.0 Å². The molecule has 2 aromatic heterocycles. The molecule has 0 aliphatic carbocycles. The minimum absolute atomic E-state index is 0.171. The number of aryl methyl sites for hydroxylation is 2. The van der Waals surface area contributed by atoms with Crippen molar-refractivity contribution < 1.29 is 13.9 Å². The zero-order chi connectivity index (χ0) is 22.5. The first kappa shape index (κ1) is 21.7. The Hall–Kier alpha value is -3.48. The number of carbonyl (C=O) groups is 1. The second-order valence-corrected chi connectivity index (χ2v) is 8.08. The van der Waals surface area contributed by atoms with Crippen molar-refractivity contribution in [2.45, 2.75) is 32.1 Å². The van der Waals surface area contributed by atoms with E-state index in [0.717, 1.165) is 41.4 Å². The van der Waals surface area contributed by atoms with Crippen molar-refractivity contribution >= 4 is 17.4 Å². The Bertz CT molecular complexity index is 1070. The first-order chi connectivity index (χ1) is 15.5. The van der Waals surface area contributed by atoms with Gasteiger partial charge < -0.3 is 15.0 Å². The molecule has 3 heterocycles. The van der Waals surface area contributed by atoms with Crippen LogP contribution in [-0.2, 0) is 11.2 Å². The summed E-state index contributed by atoms with van der Waals surface area (Å²) in [6, 6.07) is 14.7. The number of benzene rings is 1. The monoisotopic (exact) mass is 434 g/mol. The van der Waals surface area contributed by atoms with Crippen molar-refractivity contribution in [3.8, 4) is 5.75 Å². The number of nitrogens with zero attached hydrogens (tertiary/aromatic N) is 3. The van der Waals surface area contributed by atoms with Gasteiger partial charge in [0, 0.05) is 42.5 Å². The molecule has 1 fully saturated rings. The third-order valence-electron chi connectivity index (χ3n) is 5.72. The number of amides is 1. The highest BCUT2D eigenvalue weighted by Gasteiger charge is 2.28. The lowest BCUT2D eigenvalue weighted by Crippen LogP contribution is -2.28. The summed E-state index contributed by atoms with van der Waals surface area (Å²) in [6.45, 7) is 3.36. The number of carbonyl (C=O) groups excluding carboxylic acids is 1. The number of hydrogen-bond acceptors (Lipinski definition) is 5. The fourth-order valence-electron chi connectivity index (χ4n) is 4.00. The fourth-order valence-corrected chi connectivity index (χ4v) is 4.00. The largest absolute Gasteiger partial charge is 0.497 e. The SMILES string of the molecule is COc1ccc(CCC(=O)N2CC[C@@H](c3cc(Nc4ccc(F)cn4)cc(C)n3)C2)cc1. The molecular weight excluding hydrogens is 407 g/mol. The van der Waals surface area contributed by atoms with Crippen molar-refractivity contribution in [1.82, 2.24) is 14.9 Å². The van der Waals surface area contributed by atoms with E-state index in [1.54, 1.807) is 13.2 Å². The summed E-state index contributed by atoms with van der Waals surface area (Å²) in [6.07, 6.45) is 3.28. The van der Waals surface area contributed by atoms with Crippen LogP contribution in [0.3, 0.4) is 0 Å². The molecule has 0 unspecified atom stereocenters. The number of rotatable bonds is 7. The minimum atomic E-state index is -0.371. The zero-order valence-electron chi connectivity index (χ0n) is 18.3. The summed E-state index contributed by atoms with van der Waals surface area (Å²) in [5.74, 6) is 1.39. The molecule has 1 saturated heterocycles. The van der Waals surface area contributed by atoms with E-state index in [0.29, 0.717) is 25.2 Å². The molecule has 32 heavy (non-hydrogen) atoms. The van der Waals surface area contributed by atoms with E-state index in [2.05, 4.69) is 10.3 Å². The summed E-state index contributed by atoms with van der Waals surface area (Å²) in [4.78, 5) is 23.4. The second-order valence-electron chi connectivity index (χ2n) is 8.08. The van der Waals surface area contributed by atoms with Crippen molar-refractivity contribution in [3.05, 3.63) is 77.5 Å². The zero-order valence-corrected chi connectivity index (χ0v) is 18.3. The number of likely N-dealkylation sites (tertiary alicyclic amines) is 1. The molecule has 7 heteroatoms. The van der Waals surface area contributed by atoms with Gasteiger partial charge in [0.05, 0.1) is 13.3 Å². The van der Waals surface area contributed by atoms with Gasteiger partial charge >= 0.3 is 0 Å². The van der Waals surface area contributed by atoms with Gasteiger partial charge in [-0.1, -0.05) is 12.1 Å². The lowest BCUT2D eigenvalue weighted by atomic mass is 10.0. The number of nitrogens with one attached hydrogen (secondary N) is 1. The van der Waals surface area contributed by atoms with E-state index in [9.17, 15) is 9.18 Å². The van der Waals surface area contributed by atoms with Gasteiger partial charge in [0.15, 0.2) is 0 Å². The molecule has 1 aliphatic heterocycles. The van der Waals surface area contributed by atoms with Gasteiger partial charge in [-0.25, -0.2) is 9.37 Å². The molecule has 0 bridgehead atoms. The Morgan fingerprint density at radius 3 is 2.75 bits per heavy atom. The molecule has 166 valence electrons. The van der Waals surface area contributed by atoms with Crippen LogP contribution in [0.2, 0.25) is 0 Å². The quantitative estimate of drug-likeness (QED) is 0.588. The summed E-state index contributed by atoms with van der Waals surface area (Å²) in [7, 11) is 1.64. The Morgan fingerprint density at radius 2 is 2.03 bits per heavy atom. The van der Waals surface area contributed by atoms with Crippen LogP contribution in [0, 0.1) is 12.7 Å². The van der Waals surface area contributed by atoms with Crippen molar-refractivity contribution in [3.63, 3.8) is 0 Å². The number of anilines is 2. The van der Waals surface area contributed by atoms with Gasteiger partial charge in [-0.15, -0.1) is 0 Å². The van der Waals surface area contributed by atoms with Crippen LogP contribution in [0.25, 0.3) is 0 Å². The van der Waals surface area contributed by atoms with E-state index in [1.165, 1.54) is 12.3 Å². The lowest BCUT2D eigenvalue weighted by molar-refractivity contribution is -0.130. The highest BCUT2D eigenvalue weighted by Crippen LogP contribution is 2.29. The standard InChI is InChI=1S/C25H27FN4O2/c1-17-13-21(29-24-9-6-20(26)15-27-24)14-23(28-17)19-11-12-30(16-19)25(31)10-5-18-3-7-22(32-2)8-4-18/h3-4,6-9,13-15,19H,5,10-12,16H2,1-2H3,(H,27,28,29)/t19-/m1/s1. The van der Waals surface area contributed by atoms with Crippen LogP contribution < -0.4 is 10.1 Å². The third-order valence-corrected chi connectivity index (χ3v) is 5.72. The molecule has 1 aliphatic rings. The maximum Gasteiger partial charge on any atom is 0.222 e. The minimum Gasteiger partial charge on any atom is -0.497 e. The van der Waals surface area contributed by atoms with Gasteiger partial charge in [-0.2, -0.15) is 0 Å². The number of aromatic nitrogens is 2. The Kier molecular flexibility index (Phi) is 6.63. The van der Waals surface area contributed by atoms with E-state index < -0.39 is 0 Å². The van der Waals surface area contributed by atoms with E-state index in [4.69, 9.17) is 9.72 Å². The molecule has 6 nitrogen and oxygen atoms in total. The van der Waals surface area contributed by atoms with Gasteiger partial charge in [-0.3, -0.25) is 9.78 Å². The highest BCUT2D eigenvalue weighted by atomic mass is 19.1. The molecule has 1 aromatic carbocycles. The molecule has 1 atom stereocenters. The average molecular weight is 435 g/mol. The van der Waals surface area contributed by atoms with Crippen molar-refractivity contribution in [2.75, 3.05) is 25.5 Å². The van der Waals surface area contributed by atoms with Crippen molar-refractivity contribution in [1.29, 1.82) is 0 Å². The maximum atomic E-state index is 13.1. The highest BCUT2D eigenvalue weighted by molar-refractivity contribution is 5.77. The second kappa shape index (κ2) is 9.77. The number of hydrogen-bond donors (Lipinski definition) is 1. The third kappa shape index (κ3) is 5.41. The van der Waals surface area contributed by atoms with Crippen LogP contribution in [0.15, 0.2) is 54.7 Å². The summed E-state index contributed by atoms with van der Waals surface area (Å²) in [5, 5.41) is 3.21. The van der Waals surface area contributed by atoms with E-state index >= 15 is 0 Å². The number of ether oxygens (including phenoxy) is 1. The molecule has 1 N–H and O–H groups in total. The van der Waals surface area contributed by atoms with Gasteiger partial charge in [0.2, 0.25) is 5.91 Å². The summed E-state index contributed by atoms with van der Waals surface area (Å²) in [5.41, 5.74) is 3.83. The predicted octanol–water partition coefficient (Wildman–Crippen LogP) is 4.63. The summed E-state index contributed by atoms with van der Waals surface area (Å²) >= 11 is 0. The molecule has 3 aromatic rings. The van der Waals surface area contributed by atoms with Gasteiger partial charge in [-0.05, 0) is 61.7 Å². The number of pyridine rings is 2. The van der Waals surface area contributed by atoms with Crippen LogP contribution in [0.5, 0.6) is 5.75 Å². The normalized spacial score (nSPS) is 15.6.